The van der Waals surface area contributed by atoms with E-state index in [0.29, 0.717) is 41.1 Å². The molecule has 0 radical (unpaired) electrons. The van der Waals surface area contributed by atoms with Crippen molar-refractivity contribution in [3.05, 3.63) is 40.0 Å². The summed E-state index contributed by atoms with van der Waals surface area (Å²) in [4.78, 5) is 22.9. The van der Waals surface area contributed by atoms with Crippen molar-refractivity contribution in [3.8, 4) is 5.75 Å². The van der Waals surface area contributed by atoms with E-state index in [9.17, 15) is 9.59 Å². The predicted molar refractivity (Wildman–Crippen MR) is 89.7 cm³/mol. The molecule has 126 valence electrons. The summed E-state index contributed by atoms with van der Waals surface area (Å²) >= 11 is 11.8. The normalized spacial score (nSPS) is 11.0. The second kappa shape index (κ2) is 10.1. The summed E-state index contributed by atoms with van der Waals surface area (Å²) < 4.78 is 10.2. The first kappa shape index (κ1) is 19.3. The highest BCUT2D eigenvalue weighted by molar-refractivity contribution is 6.35. The van der Waals surface area contributed by atoms with E-state index in [4.69, 9.17) is 32.7 Å². The number of allylic oxidation sites excluding steroid dienone is 1. The van der Waals surface area contributed by atoms with Crippen LogP contribution >= 0.6 is 23.2 Å². The van der Waals surface area contributed by atoms with Crippen LogP contribution in [0.4, 0.5) is 0 Å². The van der Waals surface area contributed by atoms with Crippen molar-refractivity contribution < 1.29 is 19.1 Å². The quantitative estimate of drug-likeness (QED) is 0.436. The highest BCUT2D eigenvalue weighted by atomic mass is 35.5. The number of halogens is 2. The molecule has 7 heteroatoms. The molecule has 0 atom stereocenters. The lowest BCUT2D eigenvalue weighted by Gasteiger charge is -2.08. The Morgan fingerprint density at radius 2 is 2.04 bits per heavy atom. The number of rotatable bonds is 8. The van der Waals surface area contributed by atoms with Crippen LogP contribution in [-0.2, 0) is 14.3 Å². The number of ether oxygens (including phenoxy) is 2. The third-order valence-electron chi connectivity index (χ3n) is 2.66. The maximum atomic E-state index is 11.7. The smallest absolute Gasteiger partial charge is 0.332 e. The van der Waals surface area contributed by atoms with Crippen LogP contribution in [0.15, 0.2) is 30.0 Å². The molecule has 0 fully saturated rings. The van der Waals surface area contributed by atoms with Crippen molar-refractivity contribution in [3.63, 3.8) is 0 Å². The molecule has 1 N–H and O–H groups in total. The highest BCUT2D eigenvalue weighted by Crippen LogP contribution is 2.27. The molecule has 0 aliphatic heterocycles. The maximum absolute atomic E-state index is 11.7. The van der Waals surface area contributed by atoms with E-state index in [-0.39, 0.29) is 12.3 Å². The number of carbonyl (C=O) groups is 2. The molecule has 0 heterocycles. The van der Waals surface area contributed by atoms with Gasteiger partial charge in [-0.1, -0.05) is 23.2 Å². The standard InChI is InChI=1S/C16H19Cl2NO4/c1-3-22-16(21)9-11(2)19-15(20)5-4-8-23-14-7-6-12(17)10-13(14)18/h6-7,9-10H,3-5,8H2,1-2H3,(H,19,20)/b11-9+. The van der Waals surface area contributed by atoms with E-state index in [0.717, 1.165) is 0 Å². The zero-order valence-corrected chi connectivity index (χ0v) is 14.5. The van der Waals surface area contributed by atoms with Gasteiger partial charge in [0.25, 0.3) is 0 Å². The van der Waals surface area contributed by atoms with Gasteiger partial charge in [-0.25, -0.2) is 4.79 Å². The predicted octanol–water partition coefficient (Wildman–Crippen LogP) is 3.74. The molecule has 1 amide bonds. The summed E-state index contributed by atoms with van der Waals surface area (Å²) in [6.45, 7) is 3.97. The highest BCUT2D eigenvalue weighted by Gasteiger charge is 2.06. The third kappa shape index (κ3) is 7.90. The number of nitrogens with one attached hydrogen (secondary N) is 1. The number of esters is 1. The van der Waals surface area contributed by atoms with Gasteiger partial charge in [-0.05, 0) is 38.5 Å². The molecule has 5 nitrogen and oxygen atoms in total. The monoisotopic (exact) mass is 359 g/mol. The van der Waals surface area contributed by atoms with Crippen molar-refractivity contribution in [2.45, 2.75) is 26.7 Å². The Labute approximate surface area is 145 Å². The lowest BCUT2D eigenvalue weighted by Crippen LogP contribution is -2.22. The molecule has 0 spiro atoms. The molecule has 1 rings (SSSR count). The van der Waals surface area contributed by atoms with Crippen LogP contribution in [0.25, 0.3) is 0 Å². The Bertz CT molecular complexity index is 587. The Kier molecular flexibility index (Phi) is 8.51. The first-order valence-electron chi connectivity index (χ1n) is 7.15. The number of benzene rings is 1. The lowest BCUT2D eigenvalue weighted by atomic mass is 10.3. The Hall–Kier alpha value is -1.72. The van der Waals surface area contributed by atoms with Crippen LogP contribution in [0, 0.1) is 0 Å². The third-order valence-corrected chi connectivity index (χ3v) is 3.19. The Morgan fingerprint density at radius 1 is 1.30 bits per heavy atom. The summed E-state index contributed by atoms with van der Waals surface area (Å²) in [5.74, 6) is -0.158. The largest absolute Gasteiger partial charge is 0.492 e. The summed E-state index contributed by atoms with van der Waals surface area (Å²) in [5, 5.41) is 3.57. The minimum atomic E-state index is -0.481. The Morgan fingerprint density at radius 3 is 2.70 bits per heavy atom. The van der Waals surface area contributed by atoms with E-state index in [1.54, 1.807) is 32.0 Å². The van der Waals surface area contributed by atoms with E-state index < -0.39 is 5.97 Å². The zero-order chi connectivity index (χ0) is 17.2. The van der Waals surface area contributed by atoms with Crippen molar-refractivity contribution in [2.24, 2.45) is 0 Å². The molecule has 0 aliphatic rings. The topological polar surface area (TPSA) is 64.6 Å². The average molecular weight is 360 g/mol. The van der Waals surface area contributed by atoms with Crippen LogP contribution in [0.1, 0.15) is 26.7 Å². The molecule has 1 aromatic rings. The molecule has 1 aromatic carbocycles. The summed E-state index contributed by atoms with van der Waals surface area (Å²) in [5.41, 5.74) is 0.440. The fourth-order valence-electron chi connectivity index (χ4n) is 1.69. The van der Waals surface area contributed by atoms with E-state index >= 15 is 0 Å². The van der Waals surface area contributed by atoms with Gasteiger partial charge in [0.05, 0.1) is 18.2 Å². The first-order valence-corrected chi connectivity index (χ1v) is 7.90. The number of carbonyl (C=O) groups excluding carboxylic acids is 2. The zero-order valence-electron chi connectivity index (χ0n) is 13.0. The molecular weight excluding hydrogens is 341 g/mol. The summed E-state index contributed by atoms with van der Waals surface area (Å²) in [7, 11) is 0. The van der Waals surface area contributed by atoms with Gasteiger partial charge in [-0.2, -0.15) is 0 Å². The van der Waals surface area contributed by atoms with Gasteiger partial charge in [-0.15, -0.1) is 0 Å². The lowest BCUT2D eigenvalue weighted by molar-refractivity contribution is -0.137. The van der Waals surface area contributed by atoms with Gasteiger partial charge >= 0.3 is 5.97 Å². The molecular formula is C16H19Cl2NO4. The van der Waals surface area contributed by atoms with E-state index in [1.807, 2.05) is 0 Å². The molecule has 0 saturated carbocycles. The van der Waals surface area contributed by atoms with Gasteiger partial charge < -0.3 is 14.8 Å². The SMILES string of the molecule is CCOC(=O)/C=C(\C)NC(=O)CCCOc1ccc(Cl)cc1Cl. The average Bonchev–Trinajstić information content (AvgIpc) is 2.45. The molecule has 0 saturated heterocycles. The summed E-state index contributed by atoms with van der Waals surface area (Å²) in [6.07, 6.45) is 2.02. The van der Waals surface area contributed by atoms with Crippen molar-refractivity contribution >= 4 is 35.1 Å². The van der Waals surface area contributed by atoms with Crippen molar-refractivity contribution in [2.75, 3.05) is 13.2 Å². The van der Waals surface area contributed by atoms with E-state index in [2.05, 4.69) is 5.32 Å². The fraction of sp³-hybridized carbons (Fsp3) is 0.375. The van der Waals surface area contributed by atoms with Gasteiger partial charge in [-0.3, -0.25) is 4.79 Å². The van der Waals surface area contributed by atoms with Crippen LogP contribution in [0.2, 0.25) is 10.0 Å². The van der Waals surface area contributed by atoms with Crippen LogP contribution in [-0.4, -0.2) is 25.1 Å². The Balaban J connectivity index is 2.30. The van der Waals surface area contributed by atoms with Gasteiger partial charge in [0.1, 0.15) is 5.75 Å². The van der Waals surface area contributed by atoms with E-state index in [1.165, 1.54) is 6.08 Å². The number of amides is 1. The number of hydrogen-bond donors (Lipinski definition) is 1. The second-order valence-corrected chi connectivity index (χ2v) is 5.50. The fourth-order valence-corrected chi connectivity index (χ4v) is 2.15. The second-order valence-electron chi connectivity index (χ2n) is 4.65. The molecule has 0 aliphatic carbocycles. The summed E-state index contributed by atoms with van der Waals surface area (Å²) in [6, 6.07) is 4.95. The molecule has 0 unspecified atom stereocenters. The van der Waals surface area contributed by atoms with Gasteiger partial charge in [0, 0.05) is 23.2 Å². The van der Waals surface area contributed by atoms with Crippen LogP contribution < -0.4 is 10.1 Å². The van der Waals surface area contributed by atoms with Crippen molar-refractivity contribution in [1.29, 1.82) is 0 Å². The molecule has 0 aromatic heterocycles. The van der Waals surface area contributed by atoms with Gasteiger partial charge in [0.15, 0.2) is 0 Å². The minimum Gasteiger partial charge on any atom is -0.492 e. The van der Waals surface area contributed by atoms with Crippen molar-refractivity contribution in [1.82, 2.24) is 5.32 Å². The van der Waals surface area contributed by atoms with Crippen LogP contribution in [0.3, 0.4) is 0 Å². The minimum absolute atomic E-state index is 0.200. The maximum Gasteiger partial charge on any atom is 0.332 e. The molecule has 23 heavy (non-hydrogen) atoms. The molecule has 0 bridgehead atoms. The van der Waals surface area contributed by atoms with Gasteiger partial charge in [0.2, 0.25) is 5.91 Å². The number of hydrogen-bond acceptors (Lipinski definition) is 4. The first-order chi connectivity index (χ1) is 10.9. The van der Waals surface area contributed by atoms with Crippen LogP contribution in [0.5, 0.6) is 5.75 Å².